The van der Waals surface area contributed by atoms with E-state index in [1.54, 1.807) is 36.5 Å². The molecular formula is C16H13N3O4S. The van der Waals surface area contributed by atoms with Gasteiger partial charge < -0.3 is 9.84 Å². The van der Waals surface area contributed by atoms with Gasteiger partial charge in [0.05, 0.1) is 24.6 Å². The quantitative estimate of drug-likeness (QED) is 0.693. The van der Waals surface area contributed by atoms with Crippen LogP contribution >= 0.6 is 11.3 Å². The van der Waals surface area contributed by atoms with E-state index in [1.807, 2.05) is 5.38 Å². The Labute approximate surface area is 140 Å². The molecule has 0 bridgehead atoms. The summed E-state index contributed by atoms with van der Waals surface area (Å²) in [7, 11) is 0. The molecule has 0 unspecified atom stereocenters. The molecule has 122 valence electrons. The molecule has 3 aromatic rings. The molecule has 24 heavy (non-hydrogen) atoms. The molecule has 8 heteroatoms. The number of nitrogens with zero attached hydrogens (tertiary/aromatic N) is 3. The predicted molar refractivity (Wildman–Crippen MR) is 91.1 cm³/mol. The van der Waals surface area contributed by atoms with E-state index in [4.69, 9.17) is 9.84 Å². The van der Waals surface area contributed by atoms with Gasteiger partial charge in [-0.1, -0.05) is 0 Å². The van der Waals surface area contributed by atoms with E-state index in [-0.39, 0.29) is 18.6 Å². The third-order valence-corrected chi connectivity index (χ3v) is 3.98. The van der Waals surface area contributed by atoms with Gasteiger partial charge in [-0.2, -0.15) is 9.78 Å². The molecule has 1 aromatic carbocycles. The zero-order chi connectivity index (χ0) is 16.9. The number of hydrogen-bond donors (Lipinski definition) is 1. The van der Waals surface area contributed by atoms with Gasteiger partial charge in [0.15, 0.2) is 0 Å². The van der Waals surface area contributed by atoms with E-state index in [0.29, 0.717) is 16.0 Å². The summed E-state index contributed by atoms with van der Waals surface area (Å²) in [5.41, 5.74) is 0.559. The van der Waals surface area contributed by atoms with Crippen molar-refractivity contribution in [3.8, 4) is 5.75 Å². The molecule has 0 aliphatic heterocycles. The highest BCUT2D eigenvalue weighted by atomic mass is 32.1. The van der Waals surface area contributed by atoms with Gasteiger partial charge in [0.25, 0.3) is 5.56 Å². The van der Waals surface area contributed by atoms with E-state index in [0.717, 1.165) is 5.56 Å². The van der Waals surface area contributed by atoms with Crippen molar-refractivity contribution in [2.45, 2.75) is 6.42 Å². The fourth-order valence-corrected chi connectivity index (χ4v) is 2.69. The summed E-state index contributed by atoms with van der Waals surface area (Å²) in [5, 5.41) is 15.0. The minimum atomic E-state index is -0.902. The van der Waals surface area contributed by atoms with Crippen LogP contribution in [0.15, 0.2) is 51.9 Å². The predicted octanol–water partition coefficient (Wildman–Crippen LogP) is 2.19. The van der Waals surface area contributed by atoms with Crippen LogP contribution in [0.25, 0.3) is 10.2 Å². The molecule has 0 spiro atoms. The maximum Gasteiger partial charge on any atom is 0.306 e. The van der Waals surface area contributed by atoms with E-state index >= 15 is 0 Å². The Kier molecular flexibility index (Phi) is 4.66. The third-order valence-electron chi connectivity index (χ3n) is 3.16. The number of thiophene rings is 1. The number of aromatic nitrogens is 2. The molecule has 0 radical (unpaired) electrons. The second kappa shape index (κ2) is 7.05. The number of rotatable bonds is 6. The van der Waals surface area contributed by atoms with E-state index in [2.05, 4.69) is 10.1 Å². The van der Waals surface area contributed by atoms with Crippen LogP contribution in [0, 0.1) is 0 Å². The van der Waals surface area contributed by atoms with Crippen LogP contribution in [0.4, 0.5) is 0 Å². The zero-order valence-electron chi connectivity index (χ0n) is 12.5. The minimum Gasteiger partial charge on any atom is -0.493 e. The van der Waals surface area contributed by atoms with Crippen molar-refractivity contribution in [2.75, 3.05) is 6.61 Å². The van der Waals surface area contributed by atoms with Crippen LogP contribution in [0.1, 0.15) is 12.0 Å². The van der Waals surface area contributed by atoms with Gasteiger partial charge in [-0.05, 0) is 41.3 Å². The molecule has 0 aliphatic rings. The third kappa shape index (κ3) is 3.66. The smallest absolute Gasteiger partial charge is 0.306 e. The van der Waals surface area contributed by atoms with Gasteiger partial charge in [-0.15, -0.1) is 11.3 Å². The van der Waals surface area contributed by atoms with Crippen LogP contribution in [0.2, 0.25) is 0 Å². The zero-order valence-corrected chi connectivity index (χ0v) is 13.3. The van der Waals surface area contributed by atoms with Crippen LogP contribution in [0.5, 0.6) is 5.75 Å². The van der Waals surface area contributed by atoms with Gasteiger partial charge in [0, 0.05) is 0 Å². The topological polar surface area (TPSA) is 93.8 Å². The Bertz CT molecular complexity index is 944. The standard InChI is InChI=1S/C16H13N3O4S/c20-14(21)5-7-23-12-3-1-11(2-4-12)9-18-19-10-17-15-13(16(19)22)6-8-24-15/h1-4,6,8-10H,5,7H2,(H,20,21)/b18-9+. The highest BCUT2D eigenvalue weighted by Crippen LogP contribution is 2.13. The van der Waals surface area contributed by atoms with Crippen molar-refractivity contribution in [1.82, 2.24) is 9.66 Å². The lowest BCUT2D eigenvalue weighted by molar-refractivity contribution is -0.137. The molecule has 1 N–H and O–H groups in total. The van der Waals surface area contributed by atoms with Gasteiger partial charge in [-0.25, -0.2) is 4.98 Å². The fraction of sp³-hybridized carbons (Fsp3) is 0.125. The Hall–Kier alpha value is -3.00. The first-order valence-electron chi connectivity index (χ1n) is 7.07. The Morgan fingerprint density at radius 2 is 2.12 bits per heavy atom. The maximum absolute atomic E-state index is 12.2. The molecule has 0 atom stereocenters. The average molecular weight is 343 g/mol. The van der Waals surface area contributed by atoms with Crippen molar-refractivity contribution >= 4 is 33.7 Å². The molecule has 0 saturated heterocycles. The summed E-state index contributed by atoms with van der Waals surface area (Å²) < 4.78 is 6.49. The van der Waals surface area contributed by atoms with Crippen LogP contribution < -0.4 is 10.3 Å². The minimum absolute atomic E-state index is 0.0514. The van der Waals surface area contributed by atoms with E-state index in [9.17, 15) is 9.59 Å². The first-order chi connectivity index (χ1) is 11.6. The van der Waals surface area contributed by atoms with Gasteiger partial charge in [0.2, 0.25) is 0 Å². The van der Waals surface area contributed by atoms with Crippen molar-refractivity contribution in [3.05, 3.63) is 58.0 Å². The molecule has 0 amide bonds. The number of benzene rings is 1. The van der Waals surface area contributed by atoms with Crippen LogP contribution in [-0.2, 0) is 4.79 Å². The van der Waals surface area contributed by atoms with Crippen LogP contribution in [0.3, 0.4) is 0 Å². The summed E-state index contributed by atoms with van der Waals surface area (Å²) in [6, 6.07) is 8.69. The van der Waals surface area contributed by atoms with Gasteiger partial charge >= 0.3 is 5.97 Å². The first kappa shape index (κ1) is 15.9. The summed E-state index contributed by atoms with van der Waals surface area (Å²) in [4.78, 5) is 27.5. The summed E-state index contributed by atoms with van der Waals surface area (Å²) >= 11 is 1.41. The van der Waals surface area contributed by atoms with Crippen molar-refractivity contribution in [1.29, 1.82) is 0 Å². The molecule has 7 nitrogen and oxygen atoms in total. The Morgan fingerprint density at radius 3 is 2.88 bits per heavy atom. The second-order valence-corrected chi connectivity index (χ2v) is 5.73. The largest absolute Gasteiger partial charge is 0.493 e. The van der Waals surface area contributed by atoms with Crippen molar-refractivity contribution in [2.24, 2.45) is 5.10 Å². The number of carbonyl (C=O) groups is 1. The first-order valence-corrected chi connectivity index (χ1v) is 7.95. The average Bonchev–Trinajstić information content (AvgIpc) is 3.05. The second-order valence-electron chi connectivity index (χ2n) is 4.84. The molecule has 2 heterocycles. The van der Waals surface area contributed by atoms with Crippen molar-refractivity contribution < 1.29 is 14.6 Å². The van der Waals surface area contributed by atoms with Gasteiger partial charge in [0.1, 0.15) is 16.9 Å². The lowest BCUT2D eigenvalue weighted by Gasteiger charge is -2.04. The fourth-order valence-electron chi connectivity index (χ4n) is 1.96. The van der Waals surface area contributed by atoms with E-state index in [1.165, 1.54) is 22.3 Å². The lowest BCUT2D eigenvalue weighted by Crippen LogP contribution is -2.16. The monoisotopic (exact) mass is 343 g/mol. The molecule has 0 fully saturated rings. The van der Waals surface area contributed by atoms with E-state index < -0.39 is 5.97 Å². The molecule has 2 aromatic heterocycles. The number of carboxylic acid groups (broad SMARTS) is 1. The highest BCUT2D eigenvalue weighted by molar-refractivity contribution is 7.16. The molecular weight excluding hydrogens is 330 g/mol. The van der Waals surface area contributed by atoms with Crippen LogP contribution in [-0.4, -0.2) is 33.6 Å². The summed E-state index contributed by atoms with van der Waals surface area (Å²) in [5.74, 6) is -0.327. The summed E-state index contributed by atoms with van der Waals surface area (Å²) in [6.07, 6.45) is 2.88. The SMILES string of the molecule is O=C(O)CCOc1ccc(/C=N/n2cnc3sccc3c2=O)cc1. The Morgan fingerprint density at radius 1 is 1.33 bits per heavy atom. The molecule has 3 rings (SSSR count). The number of hydrogen-bond acceptors (Lipinski definition) is 6. The number of fused-ring (bicyclic) bond motifs is 1. The van der Waals surface area contributed by atoms with Gasteiger partial charge in [-0.3, -0.25) is 9.59 Å². The molecule has 0 aliphatic carbocycles. The summed E-state index contributed by atoms with van der Waals surface area (Å²) in [6.45, 7) is 0.116. The lowest BCUT2D eigenvalue weighted by atomic mass is 10.2. The normalized spacial score (nSPS) is 11.2. The number of carboxylic acids is 1. The number of aliphatic carboxylic acids is 1. The number of ether oxygens (including phenoxy) is 1. The molecule has 0 saturated carbocycles. The Balaban J connectivity index is 1.70. The highest BCUT2D eigenvalue weighted by Gasteiger charge is 2.03. The maximum atomic E-state index is 12.2. The van der Waals surface area contributed by atoms with Crippen molar-refractivity contribution in [3.63, 3.8) is 0 Å².